The van der Waals surface area contributed by atoms with Crippen molar-refractivity contribution < 1.29 is 0 Å². The van der Waals surface area contributed by atoms with Crippen LogP contribution in [0.2, 0.25) is 0 Å². The predicted molar refractivity (Wildman–Crippen MR) is 76.3 cm³/mol. The lowest BCUT2D eigenvalue weighted by Gasteiger charge is -2.13. The summed E-state index contributed by atoms with van der Waals surface area (Å²) in [6, 6.07) is 8.74. The molecule has 84 valence electrons. The van der Waals surface area contributed by atoms with Crippen LogP contribution >= 0.6 is 23.6 Å². The molecule has 0 unspecified atom stereocenters. The van der Waals surface area contributed by atoms with Crippen molar-refractivity contribution in [2.75, 3.05) is 5.32 Å². The predicted octanol–water partition coefficient (Wildman–Crippen LogP) is 3.60. The average Bonchev–Trinajstić information content (AvgIpc) is 2.63. The summed E-state index contributed by atoms with van der Waals surface area (Å²) in [7, 11) is 0. The Morgan fingerprint density at radius 3 is 2.88 bits per heavy atom. The summed E-state index contributed by atoms with van der Waals surface area (Å²) in [5, 5.41) is 10.4. The third-order valence-corrected chi connectivity index (χ3v) is 3.25. The molecular weight excluding hydrogens is 236 g/mol. The largest absolute Gasteiger partial charge is 0.360 e. The van der Waals surface area contributed by atoms with E-state index in [2.05, 4.69) is 48.1 Å². The molecule has 0 aliphatic heterocycles. The molecule has 0 saturated carbocycles. The first-order valence-corrected chi connectivity index (χ1v) is 6.49. The number of nitrogens with one attached hydrogen (secondary N) is 2. The van der Waals surface area contributed by atoms with Crippen LogP contribution < -0.4 is 10.6 Å². The van der Waals surface area contributed by atoms with E-state index in [9.17, 15) is 0 Å². The van der Waals surface area contributed by atoms with E-state index in [1.807, 2.05) is 6.07 Å². The van der Waals surface area contributed by atoms with E-state index in [1.165, 1.54) is 10.1 Å². The van der Waals surface area contributed by atoms with Gasteiger partial charge in [-0.25, -0.2) is 0 Å². The maximum absolute atomic E-state index is 5.19. The van der Waals surface area contributed by atoms with Crippen LogP contribution in [-0.4, -0.2) is 11.2 Å². The van der Waals surface area contributed by atoms with E-state index in [1.54, 1.807) is 11.3 Å². The van der Waals surface area contributed by atoms with Gasteiger partial charge in [0, 0.05) is 16.4 Å². The van der Waals surface area contributed by atoms with Crippen LogP contribution in [-0.2, 0) is 0 Å². The molecule has 1 heterocycles. The van der Waals surface area contributed by atoms with Crippen molar-refractivity contribution in [3.8, 4) is 0 Å². The lowest BCUT2D eigenvalue weighted by molar-refractivity contribution is 0.739. The number of anilines is 1. The Kier molecular flexibility index (Phi) is 3.41. The summed E-state index contributed by atoms with van der Waals surface area (Å²) >= 11 is 6.94. The highest BCUT2D eigenvalue weighted by molar-refractivity contribution is 7.80. The molecule has 0 bridgehead atoms. The molecule has 2 aromatic rings. The van der Waals surface area contributed by atoms with Crippen molar-refractivity contribution in [1.82, 2.24) is 5.32 Å². The minimum atomic E-state index is 0.352. The number of thiocarbonyl (C=S) groups is 1. The van der Waals surface area contributed by atoms with E-state index < -0.39 is 0 Å². The van der Waals surface area contributed by atoms with Gasteiger partial charge in [0.2, 0.25) is 0 Å². The molecular formula is C12H14N2S2. The third kappa shape index (κ3) is 2.71. The Morgan fingerprint density at radius 2 is 2.12 bits per heavy atom. The molecule has 4 heteroatoms. The fourth-order valence-electron chi connectivity index (χ4n) is 1.47. The van der Waals surface area contributed by atoms with Gasteiger partial charge in [-0.2, -0.15) is 0 Å². The molecule has 0 saturated heterocycles. The van der Waals surface area contributed by atoms with Crippen LogP contribution in [0, 0.1) is 0 Å². The lowest BCUT2D eigenvalue weighted by atomic mass is 10.2. The number of hydrogen-bond donors (Lipinski definition) is 2. The van der Waals surface area contributed by atoms with Crippen LogP contribution in [0.1, 0.15) is 13.8 Å². The normalized spacial score (nSPS) is 10.7. The molecule has 1 aromatic heterocycles. The van der Waals surface area contributed by atoms with Crippen molar-refractivity contribution in [3.05, 3.63) is 29.6 Å². The topological polar surface area (TPSA) is 24.1 Å². The van der Waals surface area contributed by atoms with Crippen LogP contribution in [0.4, 0.5) is 5.69 Å². The van der Waals surface area contributed by atoms with Crippen molar-refractivity contribution in [1.29, 1.82) is 0 Å². The van der Waals surface area contributed by atoms with Gasteiger partial charge in [-0.15, -0.1) is 11.3 Å². The van der Waals surface area contributed by atoms with Gasteiger partial charge in [-0.1, -0.05) is 0 Å². The molecule has 2 nitrogen and oxygen atoms in total. The zero-order valence-electron chi connectivity index (χ0n) is 9.28. The van der Waals surface area contributed by atoms with Gasteiger partial charge >= 0.3 is 0 Å². The van der Waals surface area contributed by atoms with Crippen molar-refractivity contribution in [3.63, 3.8) is 0 Å². The number of benzene rings is 1. The van der Waals surface area contributed by atoms with E-state index >= 15 is 0 Å². The maximum Gasteiger partial charge on any atom is 0.170 e. The minimum absolute atomic E-state index is 0.352. The Hall–Kier alpha value is -1.13. The van der Waals surface area contributed by atoms with E-state index in [4.69, 9.17) is 12.2 Å². The lowest BCUT2D eigenvalue weighted by Crippen LogP contribution is -2.33. The average molecular weight is 250 g/mol. The highest BCUT2D eigenvalue weighted by Crippen LogP contribution is 2.23. The van der Waals surface area contributed by atoms with Crippen molar-refractivity contribution in [2.45, 2.75) is 19.9 Å². The second-order valence-electron chi connectivity index (χ2n) is 3.93. The van der Waals surface area contributed by atoms with E-state index in [0.717, 1.165) is 5.69 Å². The molecule has 0 aliphatic rings. The summed E-state index contributed by atoms with van der Waals surface area (Å²) < 4.78 is 1.30. The van der Waals surface area contributed by atoms with Gasteiger partial charge in [0.15, 0.2) is 5.11 Å². The third-order valence-electron chi connectivity index (χ3n) is 2.13. The second-order valence-corrected chi connectivity index (χ2v) is 5.28. The molecule has 2 N–H and O–H groups in total. The number of rotatable bonds is 2. The summed E-state index contributed by atoms with van der Waals surface area (Å²) in [4.78, 5) is 0. The fourth-order valence-corrected chi connectivity index (χ4v) is 2.60. The van der Waals surface area contributed by atoms with Crippen molar-refractivity contribution in [2.24, 2.45) is 0 Å². The molecule has 0 radical (unpaired) electrons. The van der Waals surface area contributed by atoms with Gasteiger partial charge in [-0.3, -0.25) is 0 Å². The monoisotopic (exact) mass is 250 g/mol. The number of thiophene rings is 1. The molecule has 0 amide bonds. The molecule has 1 aromatic carbocycles. The van der Waals surface area contributed by atoms with Gasteiger partial charge in [-0.05, 0) is 61.1 Å². The molecule has 0 atom stereocenters. The Morgan fingerprint density at radius 1 is 1.31 bits per heavy atom. The number of fused-ring (bicyclic) bond motifs is 1. The highest BCUT2D eigenvalue weighted by Gasteiger charge is 2.01. The van der Waals surface area contributed by atoms with Gasteiger partial charge in [0.1, 0.15) is 0 Å². The van der Waals surface area contributed by atoms with Crippen LogP contribution in [0.3, 0.4) is 0 Å². The smallest absolute Gasteiger partial charge is 0.170 e. The molecule has 16 heavy (non-hydrogen) atoms. The van der Waals surface area contributed by atoms with Crippen LogP contribution in [0.5, 0.6) is 0 Å². The van der Waals surface area contributed by atoms with Gasteiger partial charge in [0.25, 0.3) is 0 Å². The van der Waals surface area contributed by atoms with Gasteiger partial charge in [0.05, 0.1) is 0 Å². The summed E-state index contributed by atoms with van der Waals surface area (Å²) in [5.74, 6) is 0. The zero-order chi connectivity index (χ0) is 11.5. The Labute approximate surface area is 105 Å². The Bertz CT molecular complexity index is 502. The maximum atomic E-state index is 5.19. The zero-order valence-corrected chi connectivity index (χ0v) is 10.9. The SMILES string of the molecule is CC(C)NC(=S)Nc1ccc2sccc2c1. The van der Waals surface area contributed by atoms with Crippen LogP contribution in [0.25, 0.3) is 10.1 Å². The Balaban J connectivity index is 2.11. The minimum Gasteiger partial charge on any atom is -0.360 e. The summed E-state index contributed by atoms with van der Waals surface area (Å²) in [5.41, 5.74) is 1.03. The van der Waals surface area contributed by atoms with Gasteiger partial charge < -0.3 is 10.6 Å². The highest BCUT2D eigenvalue weighted by atomic mass is 32.1. The van der Waals surface area contributed by atoms with E-state index in [-0.39, 0.29) is 0 Å². The van der Waals surface area contributed by atoms with Crippen LogP contribution in [0.15, 0.2) is 29.6 Å². The first-order valence-electron chi connectivity index (χ1n) is 5.20. The quantitative estimate of drug-likeness (QED) is 0.796. The molecule has 0 aliphatic carbocycles. The summed E-state index contributed by atoms with van der Waals surface area (Å²) in [6.45, 7) is 4.13. The van der Waals surface area contributed by atoms with Crippen molar-refractivity contribution >= 4 is 44.4 Å². The molecule has 2 rings (SSSR count). The van der Waals surface area contributed by atoms with E-state index in [0.29, 0.717) is 11.2 Å². The summed E-state index contributed by atoms with van der Waals surface area (Å²) in [6.07, 6.45) is 0. The standard InChI is InChI=1S/C12H14N2S2/c1-8(2)13-12(15)14-10-3-4-11-9(7-10)5-6-16-11/h3-8H,1-2H3,(H2,13,14,15). The molecule has 0 spiro atoms. The second kappa shape index (κ2) is 4.80. The fraction of sp³-hybridized carbons (Fsp3) is 0.250. The number of hydrogen-bond acceptors (Lipinski definition) is 2. The first-order chi connectivity index (χ1) is 7.65. The first kappa shape index (κ1) is 11.4. The molecule has 0 fully saturated rings.